The van der Waals surface area contributed by atoms with Crippen molar-refractivity contribution in [3.63, 3.8) is 0 Å². The van der Waals surface area contributed by atoms with Crippen molar-refractivity contribution in [3.8, 4) is 0 Å². The summed E-state index contributed by atoms with van der Waals surface area (Å²) in [6.07, 6.45) is 6.61. The van der Waals surface area contributed by atoms with E-state index in [4.69, 9.17) is 12.6 Å². The predicted molar refractivity (Wildman–Crippen MR) is 114 cm³/mol. The first-order valence-corrected chi connectivity index (χ1v) is 9.95. The molecular formula is C21H25ClFN3OS. The second-order valence-electron chi connectivity index (χ2n) is 7.51. The Hall–Kier alpha value is -1.63. The van der Waals surface area contributed by atoms with E-state index in [1.165, 1.54) is 6.07 Å². The van der Waals surface area contributed by atoms with Gasteiger partial charge in [-0.2, -0.15) is 17.7 Å². The largest absolute Gasteiger partial charge is 0.297 e. The molecular weight excluding hydrogens is 397 g/mol. The van der Waals surface area contributed by atoms with Crippen molar-refractivity contribution in [2.24, 2.45) is 13.0 Å². The number of thiol groups is 1. The first kappa shape index (κ1) is 21.1. The maximum Gasteiger partial charge on any atom is 0.157 e. The van der Waals surface area contributed by atoms with Gasteiger partial charge in [-0.1, -0.05) is 18.2 Å². The fourth-order valence-electron chi connectivity index (χ4n) is 3.77. The van der Waals surface area contributed by atoms with Gasteiger partial charge >= 0.3 is 0 Å². The van der Waals surface area contributed by atoms with Crippen molar-refractivity contribution < 1.29 is 9.18 Å². The van der Waals surface area contributed by atoms with E-state index in [9.17, 15) is 9.18 Å². The number of halogens is 2. The Bertz CT molecular complexity index is 880. The zero-order valence-electron chi connectivity index (χ0n) is 15.8. The van der Waals surface area contributed by atoms with Gasteiger partial charge in [0, 0.05) is 43.1 Å². The summed E-state index contributed by atoms with van der Waals surface area (Å²) >= 11 is 4.73. The number of benzene rings is 1. The zero-order valence-corrected chi connectivity index (χ0v) is 17.5. The van der Waals surface area contributed by atoms with E-state index in [0.717, 1.165) is 37.1 Å². The molecule has 2 heterocycles. The lowest BCUT2D eigenvalue weighted by Gasteiger charge is -2.37. The van der Waals surface area contributed by atoms with Crippen LogP contribution in [0, 0.1) is 11.7 Å². The number of ketones is 1. The molecule has 2 unspecified atom stereocenters. The number of hydrogen-bond acceptors (Lipinski definition) is 4. The SMILES string of the molecule is Cl.Cn1ccc(C=C2CN(C(C(=O)C3CC3)c3ccccc3F)CCC2S)n1. The maximum absolute atomic E-state index is 14.5. The number of rotatable bonds is 5. The van der Waals surface area contributed by atoms with Crippen molar-refractivity contribution in [1.82, 2.24) is 14.7 Å². The summed E-state index contributed by atoms with van der Waals surface area (Å²) in [5.74, 6) is -0.0822. The molecule has 1 saturated carbocycles. The lowest BCUT2D eigenvalue weighted by atomic mass is 9.93. The number of aryl methyl sites for hydroxylation is 1. The average molecular weight is 422 g/mol. The van der Waals surface area contributed by atoms with Gasteiger partial charge in [-0.25, -0.2) is 4.39 Å². The Morgan fingerprint density at radius 3 is 2.68 bits per heavy atom. The number of likely N-dealkylation sites (tertiary alicyclic amines) is 1. The highest BCUT2D eigenvalue weighted by molar-refractivity contribution is 7.81. The first-order chi connectivity index (χ1) is 13.0. The Balaban J connectivity index is 0.00000225. The number of Topliss-reactive ketones (excluding diaryl/α,β-unsaturated/α-hetero) is 1. The van der Waals surface area contributed by atoms with Crippen LogP contribution in [-0.4, -0.2) is 38.8 Å². The van der Waals surface area contributed by atoms with Crippen LogP contribution in [-0.2, 0) is 11.8 Å². The van der Waals surface area contributed by atoms with E-state index in [0.29, 0.717) is 12.1 Å². The topological polar surface area (TPSA) is 38.1 Å². The summed E-state index contributed by atoms with van der Waals surface area (Å²) < 4.78 is 16.3. The molecule has 0 N–H and O–H groups in total. The lowest BCUT2D eigenvalue weighted by molar-refractivity contribution is -0.126. The van der Waals surface area contributed by atoms with E-state index in [1.807, 2.05) is 31.5 Å². The van der Waals surface area contributed by atoms with Gasteiger partial charge in [-0.05, 0) is 43.0 Å². The van der Waals surface area contributed by atoms with Crippen LogP contribution in [0.4, 0.5) is 4.39 Å². The predicted octanol–water partition coefficient (Wildman–Crippen LogP) is 4.09. The smallest absolute Gasteiger partial charge is 0.157 e. The molecule has 4 nitrogen and oxygen atoms in total. The van der Waals surface area contributed by atoms with Crippen LogP contribution in [0.15, 0.2) is 42.1 Å². The highest BCUT2D eigenvalue weighted by atomic mass is 35.5. The molecule has 28 heavy (non-hydrogen) atoms. The first-order valence-electron chi connectivity index (χ1n) is 9.43. The van der Waals surface area contributed by atoms with E-state index in [2.05, 4.69) is 10.00 Å². The molecule has 2 fully saturated rings. The Morgan fingerprint density at radius 1 is 1.29 bits per heavy atom. The average Bonchev–Trinajstić information content (AvgIpc) is 3.42. The molecule has 1 aliphatic carbocycles. The molecule has 2 aromatic rings. The minimum atomic E-state index is -0.522. The van der Waals surface area contributed by atoms with Crippen molar-refractivity contribution in [1.29, 1.82) is 0 Å². The molecule has 150 valence electrons. The Morgan fingerprint density at radius 2 is 2.04 bits per heavy atom. The van der Waals surface area contributed by atoms with Gasteiger partial charge in [0.2, 0.25) is 0 Å². The minimum Gasteiger partial charge on any atom is -0.297 e. The van der Waals surface area contributed by atoms with E-state index in [-0.39, 0.29) is 35.2 Å². The van der Waals surface area contributed by atoms with Crippen LogP contribution in [0.1, 0.15) is 36.6 Å². The third kappa shape index (κ3) is 4.50. The molecule has 1 aromatic heterocycles. The molecule has 1 aliphatic heterocycles. The standard InChI is InChI=1S/C21H24FN3OS.ClH/c1-24-10-8-16(23-24)12-15-13-25(11-9-19(15)27)20(21(26)14-6-7-14)17-4-2-3-5-18(17)22;/h2-5,8,10,12,14,19-20,27H,6-7,9,11,13H2,1H3;1H. The van der Waals surface area contributed by atoms with Crippen molar-refractivity contribution in [2.45, 2.75) is 30.6 Å². The molecule has 0 spiro atoms. The van der Waals surface area contributed by atoms with Gasteiger partial charge in [0.1, 0.15) is 5.82 Å². The monoisotopic (exact) mass is 421 g/mol. The van der Waals surface area contributed by atoms with Gasteiger partial charge in [-0.3, -0.25) is 14.4 Å². The molecule has 4 rings (SSSR count). The summed E-state index contributed by atoms with van der Waals surface area (Å²) in [5, 5.41) is 4.54. The third-order valence-corrected chi connectivity index (χ3v) is 5.97. The van der Waals surface area contributed by atoms with Crippen LogP contribution in [0.5, 0.6) is 0 Å². The summed E-state index contributed by atoms with van der Waals surface area (Å²) in [7, 11) is 1.88. The zero-order chi connectivity index (χ0) is 19.0. The molecule has 1 saturated heterocycles. The molecule has 7 heteroatoms. The number of carbonyl (C=O) groups is 1. The Labute approximate surface area is 176 Å². The second-order valence-corrected chi connectivity index (χ2v) is 8.13. The fourth-order valence-corrected chi connectivity index (χ4v) is 4.04. The van der Waals surface area contributed by atoms with Gasteiger partial charge in [0.05, 0.1) is 11.7 Å². The third-order valence-electron chi connectivity index (χ3n) is 5.39. The molecule has 2 aliphatic rings. The quantitative estimate of drug-likeness (QED) is 0.739. The second kappa shape index (κ2) is 8.80. The number of piperidine rings is 1. The summed E-state index contributed by atoms with van der Waals surface area (Å²) in [5.41, 5.74) is 2.49. The van der Waals surface area contributed by atoms with Gasteiger partial charge in [0.15, 0.2) is 5.78 Å². The molecule has 0 radical (unpaired) electrons. The number of nitrogens with zero attached hydrogens (tertiary/aromatic N) is 3. The van der Waals surface area contributed by atoms with Crippen molar-refractivity contribution >= 4 is 36.9 Å². The normalized spacial score (nSPS) is 22.7. The summed E-state index contributed by atoms with van der Waals surface area (Å²) in [6.45, 7) is 1.33. The number of aromatic nitrogens is 2. The van der Waals surface area contributed by atoms with E-state index < -0.39 is 6.04 Å². The van der Waals surface area contributed by atoms with Crippen LogP contribution < -0.4 is 0 Å². The van der Waals surface area contributed by atoms with Crippen LogP contribution in [0.3, 0.4) is 0 Å². The van der Waals surface area contributed by atoms with Crippen molar-refractivity contribution in [3.05, 3.63) is 59.2 Å². The van der Waals surface area contributed by atoms with Crippen LogP contribution in [0.2, 0.25) is 0 Å². The minimum absolute atomic E-state index is 0. The number of carbonyl (C=O) groups excluding carboxylic acids is 1. The molecule has 0 amide bonds. The van der Waals surface area contributed by atoms with Gasteiger partial charge in [0.25, 0.3) is 0 Å². The fraction of sp³-hybridized carbons (Fsp3) is 0.429. The van der Waals surface area contributed by atoms with Gasteiger partial charge in [-0.15, -0.1) is 12.4 Å². The van der Waals surface area contributed by atoms with Crippen LogP contribution >= 0.6 is 25.0 Å². The molecule has 0 bridgehead atoms. The summed E-state index contributed by atoms with van der Waals surface area (Å²) in [4.78, 5) is 15.2. The maximum atomic E-state index is 14.5. The van der Waals surface area contributed by atoms with Crippen molar-refractivity contribution in [2.75, 3.05) is 13.1 Å². The Kier molecular flexibility index (Phi) is 6.63. The highest BCUT2D eigenvalue weighted by Gasteiger charge is 2.40. The number of hydrogen-bond donors (Lipinski definition) is 1. The molecule has 1 aromatic carbocycles. The van der Waals surface area contributed by atoms with Gasteiger partial charge < -0.3 is 0 Å². The highest BCUT2D eigenvalue weighted by Crippen LogP contribution is 2.39. The van der Waals surface area contributed by atoms with E-state index >= 15 is 0 Å². The van der Waals surface area contributed by atoms with Crippen LogP contribution in [0.25, 0.3) is 6.08 Å². The molecule has 2 atom stereocenters. The summed E-state index contributed by atoms with van der Waals surface area (Å²) in [6, 6.07) is 8.10. The van der Waals surface area contributed by atoms with E-state index in [1.54, 1.807) is 16.8 Å². The lowest BCUT2D eigenvalue weighted by Crippen LogP contribution is -2.42.